The molecule has 1 unspecified atom stereocenters. The molecule has 0 spiro atoms. The maximum atomic E-state index is 6.32. The monoisotopic (exact) mass is 286 g/mol. The Morgan fingerprint density at radius 3 is 2.25 bits per heavy atom. The molecule has 0 aliphatic carbocycles. The van der Waals surface area contributed by atoms with Gasteiger partial charge in [-0.1, -0.05) is 68.8 Å². The summed E-state index contributed by atoms with van der Waals surface area (Å²) in [4.78, 5) is 0. The van der Waals surface area contributed by atoms with E-state index in [9.17, 15) is 0 Å². The van der Waals surface area contributed by atoms with Crippen LogP contribution in [0.3, 0.4) is 0 Å². The number of hydrogen-bond donors (Lipinski definition) is 0. The van der Waals surface area contributed by atoms with E-state index >= 15 is 0 Å². The Kier molecular flexibility index (Phi) is 5.25. The van der Waals surface area contributed by atoms with Crippen molar-refractivity contribution in [2.75, 3.05) is 0 Å². The minimum absolute atomic E-state index is 0.431. The lowest BCUT2D eigenvalue weighted by atomic mass is 9.87. The molecular formula is C19H23Cl. The lowest BCUT2D eigenvalue weighted by Crippen LogP contribution is -2.02. The molecule has 0 fully saturated rings. The first-order valence-corrected chi connectivity index (χ1v) is 7.82. The van der Waals surface area contributed by atoms with Crippen molar-refractivity contribution < 1.29 is 0 Å². The van der Waals surface area contributed by atoms with Gasteiger partial charge in [0.2, 0.25) is 0 Å². The van der Waals surface area contributed by atoms with E-state index in [4.69, 9.17) is 11.6 Å². The summed E-state index contributed by atoms with van der Waals surface area (Å²) in [6.45, 7) is 6.73. The molecule has 0 nitrogen and oxygen atoms in total. The number of halogens is 1. The second-order valence-corrected chi connectivity index (χ2v) is 6.30. The third kappa shape index (κ3) is 3.86. The first-order chi connectivity index (χ1) is 9.60. The number of rotatable bonds is 5. The van der Waals surface area contributed by atoms with E-state index < -0.39 is 0 Å². The first-order valence-electron chi connectivity index (χ1n) is 7.44. The molecule has 0 amide bonds. The van der Waals surface area contributed by atoms with Gasteiger partial charge in [-0.05, 0) is 47.6 Å². The van der Waals surface area contributed by atoms with E-state index in [1.54, 1.807) is 0 Å². The third-order valence-corrected chi connectivity index (χ3v) is 3.85. The lowest BCUT2D eigenvalue weighted by Gasteiger charge is -2.18. The van der Waals surface area contributed by atoms with Crippen LogP contribution in [-0.4, -0.2) is 0 Å². The van der Waals surface area contributed by atoms with E-state index in [0.717, 1.165) is 17.9 Å². The van der Waals surface area contributed by atoms with Gasteiger partial charge in [0.25, 0.3) is 0 Å². The molecule has 0 aliphatic rings. The van der Waals surface area contributed by atoms with Crippen molar-refractivity contribution >= 4 is 11.6 Å². The lowest BCUT2D eigenvalue weighted by molar-refractivity contribution is 0.645. The van der Waals surface area contributed by atoms with E-state index in [-0.39, 0.29) is 0 Å². The molecule has 0 heterocycles. The molecule has 0 aromatic heterocycles. The second-order valence-electron chi connectivity index (χ2n) is 5.86. The summed E-state index contributed by atoms with van der Waals surface area (Å²) in [5, 5.41) is 0.854. The number of benzene rings is 2. The Morgan fingerprint density at radius 2 is 1.65 bits per heavy atom. The largest absolute Gasteiger partial charge is 0.0843 e. The van der Waals surface area contributed by atoms with Gasteiger partial charge in [0.05, 0.1) is 0 Å². The highest BCUT2D eigenvalue weighted by atomic mass is 35.5. The van der Waals surface area contributed by atoms with Crippen LogP contribution in [0.15, 0.2) is 48.5 Å². The van der Waals surface area contributed by atoms with Crippen molar-refractivity contribution in [1.29, 1.82) is 0 Å². The van der Waals surface area contributed by atoms with E-state index in [1.165, 1.54) is 16.7 Å². The van der Waals surface area contributed by atoms with Crippen LogP contribution in [0, 0.1) is 5.92 Å². The molecule has 106 valence electrons. The molecule has 1 heteroatoms. The predicted octanol–water partition coefficient (Wildman–Crippen LogP) is 6.08. The van der Waals surface area contributed by atoms with Crippen LogP contribution in [0.4, 0.5) is 0 Å². The molecule has 1 atom stereocenters. The molecule has 0 bridgehead atoms. The Balaban J connectivity index is 2.37. The van der Waals surface area contributed by atoms with Crippen LogP contribution in [0.25, 0.3) is 0 Å². The topological polar surface area (TPSA) is 0 Å². The maximum absolute atomic E-state index is 6.32. The molecule has 0 radical (unpaired) electrons. The minimum atomic E-state index is 0.431. The van der Waals surface area contributed by atoms with E-state index in [2.05, 4.69) is 69.3 Å². The fourth-order valence-corrected chi connectivity index (χ4v) is 3.08. The molecule has 0 N–H and O–H groups in total. The predicted molar refractivity (Wildman–Crippen MR) is 88.6 cm³/mol. The molecule has 0 saturated carbocycles. The Morgan fingerprint density at radius 1 is 0.950 bits per heavy atom. The molecule has 2 rings (SSSR count). The van der Waals surface area contributed by atoms with Crippen LogP contribution >= 0.6 is 11.6 Å². The highest BCUT2D eigenvalue weighted by Gasteiger charge is 2.13. The number of hydrogen-bond acceptors (Lipinski definition) is 0. The zero-order valence-corrected chi connectivity index (χ0v) is 13.3. The smallest absolute Gasteiger partial charge is 0.0411 e. The van der Waals surface area contributed by atoms with Gasteiger partial charge in [-0.2, -0.15) is 0 Å². The van der Waals surface area contributed by atoms with Gasteiger partial charge in [0.15, 0.2) is 0 Å². The third-order valence-electron chi connectivity index (χ3n) is 3.64. The van der Waals surface area contributed by atoms with E-state index in [1.807, 2.05) is 0 Å². The first kappa shape index (κ1) is 15.1. The highest BCUT2D eigenvalue weighted by Crippen LogP contribution is 2.31. The average molecular weight is 287 g/mol. The molecule has 20 heavy (non-hydrogen) atoms. The quantitative estimate of drug-likeness (QED) is 0.625. The molecule has 0 saturated heterocycles. The zero-order chi connectivity index (χ0) is 14.5. The van der Waals surface area contributed by atoms with Gasteiger partial charge < -0.3 is 0 Å². The van der Waals surface area contributed by atoms with Crippen molar-refractivity contribution in [3.05, 3.63) is 70.2 Å². The van der Waals surface area contributed by atoms with Gasteiger partial charge >= 0.3 is 0 Å². The van der Waals surface area contributed by atoms with Crippen LogP contribution in [0.1, 0.15) is 49.8 Å². The fourth-order valence-electron chi connectivity index (χ4n) is 2.82. The highest BCUT2D eigenvalue weighted by molar-refractivity contribution is 6.30. The molecule has 2 aromatic rings. The summed E-state index contributed by atoms with van der Waals surface area (Å²) >= 11 is 6.32. The van der Waals surface area contributed by atoms with E-state index in [0.29, 0.717) is 11.8 Å². The van der Waals surface area contributed by atoms with Crippen molar-refractivity contribution in [2.45, 2.75) is 39.5 Å². The molecule has 2 aromatic carbocycles. The van der Waals surface area contributed by atoms with Gasteiger partial charge in [-0.15, -0.1) is 0 Å². The summed E-state index contributed by atoms with van der Waals surface area (Å²) in [5.74, 6) is 1.08. The Hall–Kier alpha value is -1.27. The van der Waals surface area contributed by atoms with Crippen molar-refractivity contribution in [2.24, 2.45) is 5.92 Å². The standard InChI is InChI=1S/C19H23Cl/c1-4-19(16-8-6-5-7-9-16)17-11-15(10-14(2)3)12-18(20)13-17/h5-9,11-14,19H,4,10H2,1-3H3. The summed E-state index contributed by atoms with van der Waals surface area (Å²) in [7, 11) is 0. The summed E-state index contributed by atoms with van der Waals surface area (Å²) < 4.78 is 0. The van der Waals surface area contributed by atoms with Gasteiger partial charge in [-0.3, -0.25) is 0 Å². The average Bonchev–Trinajstić information content (AvgIpc) is 2.39. The summed E-state index contributed by atoms with van der Waals surface area (Å²) in [6, 6.07) is 17.2. The summed E-state index contributed by atoms with van der Waals surface area (Å²) in [5.41, 5.74) is 4.05. The Bertz CT molecular complexity index is 543. The zero-order valence-electron chi connectivity index (χ0n) is 12.6. The molecular weight excluding hydrogens is 264 g/mol. The summed E-state index contributed by atoms with van der Waals surface area (Å²) in [6.07, 6.45) is 2.17. The maximum Gasteiger partial charge on any atom is 0.0411 e. The normalized spacial score (nSPS) is 12.7. The minimum Gasteiger partial charge on any atom is -0.0843 e. The van der Waals surface area contributed by atoms with Crippen molar-refractivity contribution in [1.82, 2.24) is 0 Å². The van der Waals surface area contributed by atoms with Crippen molar-refractivity contribution in [3.8, 4) is 0 Å². The fraction of sp³-hybridized carbons (Fsp3) is 0.368. The molecule has 0 aliphatic heterocycles. The van der Waals surface area contributed by atoms with Crippen LogP contribution in [0.2, 0.25) is 5.02 Å². The van der Waals surface area contributed by atoms with Crippen LogP contribution in [0.5, 0.6) is 0 Å². The van der Waals surface area contributed by atoms with Gasteiger partial charge in [0, 0.05) is 10.9 Å². The van der Waals surface area contributed by atoms with Gasteiger partial charge in [0.1, 0.15) is 0 Å². The Labute approximate surface area is 127 Å². The van der Waals surface area contributed by atoms with Crippen LogP contribution < -0.4 is 0 Å². The van der Waals surface area contributed by atoms with Crippen molar-refractivity contribution in [3.63, 3.8) is 0 Å². The van der Waals surface area contributed by atoms with Gasteiger partial charge in [-0.25, -0.2) is 0 Å². The SMILES string of the molecule is CCC(c1ccccc1)c1cc(Cl)cc(CC(C)C)c1. The second kappa shape index (κ2) is 6.95. The van der Waals surface area contributed by atoms with Crippen LogP contribution in [-0.2, 0) is 6.42 Å².